The van der Waals surface area contributed by atoms with Gasteiger partial charge >= 0.3 is 5.97 Å². The van der Waals surface area contributed by atoms with Gasteiger partial charge < -0.3 is 14.6 Å². The zero-order valence-corrected chi connectivity index (χ0v) is 12.4. The molecule has 0 fully saturated rings. The molecule has 0 saturated heterocycles. The van der Waals surface area contributed by atoms with Gasteiger partial charge in [0, 0.05) is 20.0 Å². The monoisotopic (exact) mass is 305 g/mol. The second-order valence-corrected chi connectivity index (χ2v) is 4.59. The topological polar surface area (TPSA) is 108 Å². The minimum Gasteiger partial charge on any atom is -0.458 e. The Balaban J connectivity index is 2.47. The van der Waals surface area contributed by atoms with Crippen molar-refractivity contribution < 1.29 is 19.0 Å². The number of anilines is 1. The van der Waals surface area contributed by atoms with Crippen LogP contribution in [0.25, 0.3) is 11.1 Å². The van der Waals surface area contributed by atoms with E-state index in [1.54, 1.807) is 26.1 Å². The molecular weight excluding hydrogens is 290 g/mol. The Kier molecular flexibility index (Phi) is 4.40. The molecule has 0 atom stereocenters. The number of nitro benzene ring substituents is 1. The third kappa shape index (κ3) is 3.05. The molecule has 22 heavy (non-hydrogen) atoms. The summed E-state index contributed by atoms with van der Waals surface area (Å²) in [6.07, 6.45) is 0. The van der Waals surface area contributed by atoms with Gasteiger partial charge in [-0.2, -0.15) is 0 Å². The van der Waals surface area contributed by atoms with Gasteiger partial charge in [-0.3, -0.25) is 14.9 Å². The summed E-state index contributed by atoms with van der Waals surface area (Å²) in [5.41, 5.74) is 2.08. The third-order valence-corrected chi connectivity index (χ3v) is 3.09. The van der Waals surface area contributed by atoms with Gasteiger partial charge in [0.05, 0.1) is 16.2 Å². The molecule has 0 aliphatic carbocycles. The standard InChI is InChI=1S/C14H15N3O5/c1-8-14(13(22-16-8)7-21-9(2)18)10-4-5-11(15-3)12(6-10)17(19)20/h4-6,15H,7H2,1-3H3. The average molecular weight is 305 g/mol. The van der Waals surface area contributed by atoms with E-state index >= 15 is 0 Å². The molecule has 8 heteroatoms. The number of benzene rings is 1. The van der Waals surface area contributed by atoms with E-state index in [1.165, 1.54) is 13.0 Å². The molecule has 0 bridgehead atoms. The van der Waals surface area contributed by atoms with Crippen molar-refractivity contribution in [1.82, 2.24) is 5.16 Å². The van der Waals surface area contributed by atoms with E-state index in [2.05, 4.69) is 10.5 Å². The first-order valence-electron chi connectivity index (χ1n) is 6.49. The van der Waals surface area contributed by atoms with Gasteiger partial charge in [-0.15, -0.1) is 0 Å². The molecule has 2 aromatic rings. The number of carbonyl (C=O) groups excluding carboxylic acids is 1. The van der Waals surface area contributed by atoms with Crippen molar-refractivity contribution in [3.8, 4) is 11.1 Å². The Morgan fingerprint density at radius 2 is 2.23 bits per heavy atom. The molecule has 2 rings (SSSR count). The number of nitrogens with one attached hydrogen (secondary N) is 1. The number of carbonyl (C=O) groups is 1. The Hall–Kier alpha value is -2.90. The highest BCUT2D eigenvalue weighted by Gasteiger charge is 2.20. The molecule has 1 aromatic carbocycles. The first-order chi connectivity index (χ1) is 10.4. The van der Waals surface area contributed by atoms with Crippen LogP contribution in [0.2, 0.25) is 0 Å². The van der Waals surface area contributed by atoms with Gasteiger partial charge in [0.25, 0.3) is 5.69 Å². The summed E-state index contributed by atoms with van der Waals surface area (Å²) in [6, 6.07) is 4.76. The molecule has 0 radical (unpaired) electrons. The van der Waals surface area contributed by atoms with Crippen LogP contribution in [0, 0.1) is 17.0 Å². The molecule has 1 N–H and O–H groups in total. The molecule has 0 saturated carbocycles. The highest BCUT2D eigenvalue weighted by atomic mass is 16.6. The fraction of sp³-hybridized carbons (Fsp3) is 0.286. The van der Waals surface area contributed by atoms with Crippen LogP contribution in [0.1, 0.15) is 18.4 Å². The number of ether oxygens (including phenoxy) is 1. The molecule has 1 heterocycles. The van der Waals surface area contributed by atoms with E-state index in [0.717, 1.165) is 0 Å². The fourth-order valence-electron chi connectivity index (χ4n) is 2.10. The van der Waals surface area contributed by atoms with Crippen molar-refractivity contribution in [2.24, 2.45) is 0 Å². The van der Waals surface area contributed by atoms with Gasteiger partial charge in [-0.05, 0) is 18.6 Å². The van der Waals surface area contributed by atoms with Crippen LogP contribution in [0.3, 0.4) is 0 Å². The van der Waals surface area contributed by atoms with Crippen LogP contribution >= 0.6 is 0 Å². The van der Waals surface area contributed by atoms with E-state index in [1.807, 2.05) is 0 Å². The molecule has 8 nitrogen and oxygen atoms in total. The van der Waals surface area contributed by atoms with Crippen molar-refractivity contribution in [1.29, 1.82) is 0 Å². The van der Waals surface area contributed by atoms with Crippen LogP contribution < -0.4 is 5.32 Å². The predicted molar refractivity (Wildman–Crippen MR) is 78.3 cm³/mol. The van der Waals surface area contributed by atoms with E-state index in [0.29, 0.717) is 28.3 Å². The number of nitrogens with zero attached hydrogens (tertiary/aromatic N) is 2. The lowest BCUT2D eigenvalue weighted by atomic mass is 10.0. The zero-order valence-electron chi connectivity index (χ0n) is 12.4. The molecule has 0 spiro atoms. The van der Waals surface area contributed by atoms with Crippen LogP contribution in [-0.2, 0) is 16.1 Å². The number of hydrogen-bond acceptors (Lipinski definition) is 7. The number of hydrogen-bond donors (Lipinski definition) is 1. The van der Waals surface area contributed by atoms with Crippen LogP contribution in [0.5, 0.6) is 0 Å². The molecule has 0 unspecified atom stereocenters. The Morgan fingerprint density at radius 1 is 1.50 bits per heavy atom. The van der Waals surface area contributed by atoms with Gasteiger partial charge in [-0.1, -0.05) is 11.2 Å². The largest absolute Gasteiger partial charge is 0.458 e. The van der Waals surface area contributed by atoms with Crippen molar-refractivity contribution >= 4 is 17.3 Å². The number of rotatable bonds is 5. The quantitative estimate of drug-likeness (QED) is 0.514. The van der Waals surface area contributed by atoms with Gasteiger partial charge in [0.2, 0.25) is 0 Å². The highest BCUT2D eigenvalue weighted by molar-refractivity contribution is 5.75. The van der Waals surface area contributed by atoms with Crippen LogP contribution in [-0.4, -0.2) is 23.1 Å². The Labute approximate surface area is 126 Å². The minimum absolute atomic E-state index is 0.0564. The maximum atomic E-state index is 11.1. The van der Waals surface area contributed by atoms with Crippen molar-refractivity contribution in [2.45, 2.75) is 20.5 Å². The van der Waals surface area contributed by atoms with Gasteiger partial charge in [0.15, 0.2) is 12.4 Å². The lowest BCUT2D eigenvalue weighted by Gasteiger charge is -2.06. The summed E-state index contributed by atoms with van der Waals surface area (Å²) >= 11 is 0. The van der Waals surface area contributed by atoms with E-state index < -0.39 is 10.9 Å². The first-order valence-corrected chi connectivity index (χ1v) is 6.49. The normalized spacial score (nSPS) is 10.3. The zero-order chi connectivity index (χ0) is 16.3. The smallest absolute Gasteiger partial charge is 0.303 e. The second kappa shape index (κ2) is 6.25. The molecule has 1 aromatic heterocycles. The fourth-order valence-corrected chi connectivity index (χ4v) is 2.10. The number of aromatic nitrogens is 1. The summed E-state index contributed by atoms with van der Waals surface area (Å²) in [6.45, 7) is 2.93. The minimum atomic E-state index is -0.468. The van der Waals surface area contributed by atoms with Crippen LogP contribution in [0.4, 0.5) is 11.4 Å². The molecule has 0 aliphatic rings. The highest BCUT2D eigenvalue weighted by Crippen LogP contribution is 2.34. The summed E-state index contributed by atoms with van der Waals surface area (Å²) in [4.78, 5) is 21.6. The maximum Gasteiger partial charge on any atom is 0.303 e. The second-order valence-electron chi connectivity index (χ2n) is 4.59. The molecule has 0 aliphatic heterocycles. The van der Waals surface area contributed by atoms with Crippen molar-refractivity contribution in [2.75, 3.05) is 12.4 Å². The Bertz CT molecular complexity index is 723. The lowest BCUT2D eigenvalue weighted by molar-refractivity contribution is -0.383. The Morgan fingerprint density at radius 3 is 2.82 bits per heavy atom. The SMILES string of the molecule is CNc1ccc(-c2c(C)noc2COC(C)=O)cc1[N+](=O)[O-]. The van der Waals surface area contributed by atoms with E-state index in [9.17, 15) is 14.9 Å². The third-order valence-electron chi connectivity index (χ3n) is 3.09. The first kappa shape index (κ1) is 15.5. The summed E-state index contributed by atoms with van der Waals surface area (Å²) in [5.74, 6) is -0.101. The maximum absolute atomic E-state index is 11.1. The summed E-state index contributed by atoms with van der Waals surface area (Å²) in [5, 5.41) is 17.7. The van der Waals surface area contributed by atoms with Gasteiger partial charge in [0.1, 0.15) is 5.69 Å². The van der Waals surface area contributed by atoms with Gasteiger partial charge in [-0.25, -0.2) is 0 Å². The van der Waals surface area contributed by atoms with E-state index in [4.69, 9.17) is 9.26 Å². The number of esters is 1. The molecule has 0 amide bonds. The number of nitro groups is 1. The lowest BCUT2D eigenvalue weighted by Crippen LogP contribution is -2.00. The van der Waals surface area contributed by atoms with E-state index in [-0.39, 0.29) is 12.3 Å². The average Bonchev–Trinajstić information content (AvgIpc) is 2.85. The summed E-state index contributed by atoms with van der Waals surface area (Å²) < 4.78 is 10.1. The predicted octanol–water partition coefficient (Wildman–Crippen LogP) is 2.66. The molecule has 116 valence electrons. The summed E-state index contributed by atoms with van der Waals surface area (Å²) in [7, 11) is 1.61. The number of aryl methyl sites for hydroxylation is 1. The van der Waals surface area contributed by atoms with Crippen molar-refractivity contribution in [3.63, 3.8) is 0 Å². The van der Waals surface area contributed by atoms with Crippen molar-refractivity contribution in [3.05, 3.63) is 39.8 Å². The molecular formula is C14H15N3O5. The van der Waals surface area contributed by atoms with Crippen LogP contribution in [0.15, 0.2) is 22.7 Å².